The molecule has 0 spiro atoms. The van der Waals surface area contributed by atoms with Crippen LogP contribution in [0.25, 0.3) is 0 Å². The normalized spacial score (nSPS) is 22.6. The highest BCUT2D eigenvalue weighted by atomic mass is 16.7. The first-order valence-corrected chi connectivity index (χ1v) is 8.65. The van der Waals surface area contributed by atoms with E-state index in [-0.39, 0.29) is 30.8 Å². The molecule has 5 heteroatoms. The summed E-state index contributed by atoms with van der Waals surface area (Å²) in [6.07, 6.45) is 4.13. The van der Waals surface area contributed by atoms with Crippen LogP contribution < -0.4 is 0 Å². The average Bonchev–Trinajstić information content (AvgIpc) is 2.65. The Morgan fingerprint density at radius 2 is 2.12 bits per heavy atom. The summed E-state index contributed by atoms with van der Waals surface area (Å²) >= 11 is 0. The van der Waals surface area contributed by atoms with Crippen molar-refractivity contribution >= 4 is 5.97 Å². The minimum atomic E-state index is -0.557. The van der Waals surface area contributed by atoms with E-state index in [0.29, 0.717) is 13.0 Å². The fourth-order valence-corrected chi connectivity index (χ4v) is 3.01. The maximum absolute atomic E-state index is 12.2. The number of rotatable bonds is 9. The minimum Gasteiger partial charge on any atom is -0.457 e. The van der Waals surface area contributed by atoms with E-state index >= 15 is 0 Å². The van der Waals surface area contributed by atoms with Crippen molar-refractivity contribution in [3.8, 4) is 0 Å². The number of esters is 1. The van der Waals surface area contributed by atoms with Crippen LogP contribution in [0.3, 0.4) is 0 Å². The predicted molar refractivity (Wildman–Crippen MR) is 94.7 cm³/mol. The van der Waals surface area contributed by atoms with Crippen molar-refractivity contribution in [2.24, 2.45) is 5.92 Å². The number of hydrogen-bond donors (Lipinski definition) is 1. The summed E-state index contributed by atoms with van der Waals surface area (Å²) in [4.78, 5) is 12.2. The van der Waals surface area contributed by atoms with Crippen LogP contribution >= 0.6 is 0 Å². The highest BCUT2D eigenvalue weighted by Crippen LogP contribution is 2.39. The summed E-state index contributed by atoms with van der Waals surface area (Å²) in [5.74, 6) is -0.407. The molecule has 1 aromatic rings. The minimum absolute atomic E-state index is 0.00505. The van der Waals surface area contributed by atoms with Gasteiger partial charge in [-0.25, -0.2) is 4.79 Å². The summed E-state index contributed by atoms with van der Waals surface area (Å²) < 4.78 is 16.7. The molecular formula is C20H26O5. The van der Waals surface area contributed by atoms with E-state index in [4.69, 9.17) is 14.2 Å². The van der Waals surface area contributed by atoms with E-state index in [1.807, 2.05) is 37.3 Å². The lowest BCUT2D eigenvalue weighted by atomic mass is 9.80. The van der Waals surface area contributed by atoms with Crippen molar-refractivity contribution in [2.75, 3.05) is 19.8 Å². The van der Waals surface area contributed by atoms with E-state index in [0.717, 1.165) is 12.0 Å². The highest BCUT2D eigenvalue weighted by molar-refractivity contribution is 5.86. The number of ether oxygens (including phenoxy) is 3. The van der Waals surface area contributed by atoms with Gasteiger partial charge in [0.15, 0.2) is 0 Å². The summed E-state index contributed by atoms with van der Waals surface area (Å²) in [6, 6.07) is 9.93. The third kappa shape index (κ3) is 5.18. The van der Waals surface area contributed by atoms with Crippen LogP contribution in [0.5, 0.6) is 0 Å². The zero-order valence-electron chi connectivity index (χ0n) is 14.6. The number of carbonyl (C=O) groups excluding carboxylic acids is 1. The van der Waals surface area contributed by atoms with Crippen molar-refractivity contribution in [3.63, 3.8) is 0 Å². The van der Waals surface area contributed by atoms with Gasteiger partial charge in [0.25, 0.3) is 0 Å². The monoisotopic (exact) mass is 346 g/mol. The first-order chi connectivity index (χ1) is 12.2. The lowest BCUT2D eigenvalue weighted by molar-refractivity contribution is -0.175. The molecule has 0 fully saturated rings. The quantitative estimate of drug-likeness (QED) is 0.550. The molecule has 3 atom stereocenters. The van der Waals surface area contributed by atoms with Crippen LogP contribution in [-0.4, -0.2) is 37.2 Å². The summed E-state index contributed by atoms with van der Waals surface area (Å²) in [5.41, 5.74) is 1.08. The van der Waals surface area contributed by atoms with Crippen molar-refractivity contribution in [3.05, 3.63) is 60.4 Å². The molecule has 1 aromatic carbocycles. The molecule has 136 valence electrons. The molecule has 25 heavy (non-hydrogen) atoms. The third-order valence-electron chi connectivity index (χ3n) is 4.13. The Balaban J connectivity index is 2.34. The first-order valence-electron chi connectivity index (χ1n) is 8.65. The molecule has 2 rings (SSSR count). The van der Waals surface area contributed by atoms with Gasteiger partial charge in [-0.15, -0.1) is 0 Å². The third-order valence-corrected chi connectivity index (χ3v) is 4.13. The van der Waals surface area contributed by atoms with Gasteiger partial charge in [0.2, 0.25) is 12.0 Å². The van der Waals surface area contributed by atoms with Crippen molar-refractivity contribution in [2.45, 2.75) is 32.0 Å². The molecule has 0 aromatic heterocycles. The van der Waals surface area contributed by atoms with E-state index in [1.165, 1.54) is 6.08 Å². The largest absolute Gasteiger partial charge is 0.457 e. The number of benzene rings is 1. The molecule has 1 heterocycles. The van der Waals surface area contributed by atoms with E-state index in [9.17, 15) is 9.90 Å². The van der Waals surface area contributed by atoms with Gasteiger partial charge in [-0.2, -0.15) is 0 Å². The number of hydrogen-bond acceptors (Lipinski definition) is 5. The van der Waals surface area contributed by atoms with Crippen molar-refractivity contribution in [1.82, 2.24) is 0 Å². The molecule has 0 aliphatic carbocycles. The molecule has 5 nitrogen and oxygen atoms in total. The lowest BCUT2D eigenvalue weighted by Gasteiger charge is -2.36. The molecule has 0 unspecified atom stereocenters. The fourth-order valence-electron chi connectivity index (χ4n) is 3.01. The van der Waals surface area contributed by atoms with Gasteiger partial charge in [-0.1, -0.05) is 43.0 Å². The highest BCUT2D eigenvalue weighted by Gasteiger charge is 2.38. The number of carbonyl (C=O) groups is 1. The second kappa shape index (κ2) is 10.0. The number of aliphatic hydroxyl groups is 1. The molecule has 1 aliphatic heterocycles. The zero-order chi connectivity index (χ0) is 18.1. The topological polar surface area (TPSA) is 65.0 Å². The smallest absolute Gasteiger partial charge is 0.373 e. The Morgan fingerprint density at radius 3 is 2.76 bits per heavy atom. The van der Waals surface area contributed by atoms with Gasteiger partial charge in [0.05, 0.1) is 0 Å². The molecule has 0 saturated carbocycles. The molecular weight excluding hydrogens is 320 g/mol. The molecule has 0 radical (unpaired) electrons. The summed E-state index contributed by atoms with van der Waals surface area (Å²) in [6.45, 7) is 6.13. The van der Waals surface area contributed by atoms with E-state index in [2.05, 4.69) is 6.58 Å². The predicted octanol–water partition coefficient (Wildman–Crippen LogP) is 3.16. The van der Waals surface area contributed by atoms with Crippen LogP contribution in [0, 0.1) is 5.92 Å². The van der Waals surface area contributed by atoms with Gasteiger partial charge >= 0.3 is 5.97 Å². The Kier molecular flexibility index (Phi) is 7.70. The summed E-state index contributed by atoms with van der Waals surface area (Å²) in [7, 11) is 0. The average molecular weight is 346 g/mol. The second-order valence-electron chi connectivity index (χ2n) is 5.83. The van der Waals surface area contributed by atoms with Gasteiger partial charge in [0, 0.05) is 25.0 Å². The van der Waals surface area contributed by atoms with Crippen molar-refractivity contribution < 1.29 is 24.1 Å². The lowest BCUT2D eigenvalue weighted by Crippen LogP contribution is -2.36. The van der Waals surface area contributed by atoms with Gasteiger partial charge in [0.1, 0.15) is 6.61 Å². The molecule has 0 saturated heterocycles. The van der Waals surface area contributed by atoms with Crippen molar-refractivity contribution in [1.29, 1.82) is 0 Å². The fraction of sp³-hybridized carbons (Fsp3) is 0.450. The maximum Gasteiger partial charge on any atom is 0.373 e. The molecule has 0 bridgehead atoms. The SMILES string of the molecule is C=CCOC(=O)C1=C[C@@H](c2ccccc2)[C@H](CCCO)[C@@H](OCC)O1. The Hall–Kier alpha value is -2.11. The van der Waals surface area contributed by atoms with E-state index < -0.39 is 12.3 Å². The summed E-state index contributed by atoms with van der Waals surface area (Å²) in [5, 5.41) is 9.23. The van der Waals surface area contributed by atoms with Crippen LogP contribution in [0.2, 0.25) is 0 Å². The first kappa shape index (κ1) is 19.2. The maximum atomic E-state index is 12.2. The zero-order valence-corrected chi connectivity index (χ0v) is 14.6. The van der Waals surface area contributed by atoms with E-state index in [1.54, 1.807) is 6.08 Å². The number of allylic oxidation sites excluding steroid dienone is 1. The van der Waals surface area contributed by atoms with Gasteiger partial charge in [-0.05, 0) is 31.4 Å². The molecule has 1 N–H and O–H groups in total. The van der Waals surface area contributed by atoms with Crippen LogP contribution in [-0.2, 0) is 19.0 Å². The Morgan fingerprint density at radius 1 is 1.36 bits per heavy atom. The van der Waals surface area contributed by atoms with Gasteiger partial charge < -0.3 is 19.3 Å². The number of aliphatic hydroxyl groups excluding tert-OH is 1. The standard InChI is InChI=1S/C20H26O5/c1-3-13-24-19(22)18-14-17(15-9-6-5-7-10-15)16(11-8-12-21)20(25-18)23-4-2/h3,5-7,9-10,14,16-17,20-21H,1,4,8,11-13H2,2H3/t16-,17-,20-/m0/s1. The second-order valence-corrected chi connectivity index (χ2v) is 5.83. The Labute approximate surface area is 148 Å². The van der Waals surface area contributed by atoms with Crippen LogP contribution in [0.4, 0.5) is 0 Å². The van der Waals surface area contributed by atoms with Crippen LogP contribution in [0.1, 0.15) is 31.2 Å². The van der Waals surface area contributed by atoms with Crippen LogP contribution in [0.15, 0.2) is 54.8 Å². The Bertz CT molecular complexity index is 581. The molecule has 0 amide bonds. The van der Waals surface area contributed by atoms with Gasteiger partial charge in [-0.3, -0.25) is 0 Å². The molecule has 1 aliphatic rings.